The Bertz CT molecular complexity index is 238. The highest BCUT2D eigenvalue weighted by atomic mass is 16.5. The van der Waals surface area contributed by atoms with Gasteiger partial charge in [0, 0.05) is 18.6 Å². The first-order chi connectivity index (χ1) is 7.16. The number of morpholine rings is 1. The molecule has 4 nitrogen and oxygen atoms in total. The Labute approximate surface area is 90.2 Å². The number of carboxylic acids is 1. The van der Waals surface area contributed by atoms with E-state index in [0.29, 0.717) is 12.6 Å². The van der Waals surface area contributed by atoms with Crippen molar-refractivity contribution in [3.8, 4) is 0 Å². The van der Waals surface area contributed by atoms with Gasteiger partial charge in [-0.2, -0.15) is 0 Å². The Kier molecular flexibility index (Phi) is 3.26. The molecule has 15 heavy (non-hydrogen) atoms. The van der Waals surface area contributed by atoms with Gasteiger partial charge in [0.1, 0.15) is 0 Å². The molecule has 2 aliphatic rings. The highest BCUT2D eigenvalue weighted by Crippen LogP contribution is 2.33. The zero-order chi connectivity index (χ0) is 10.8. The smallest absolute Gasteiger partial charge is 0.305 e. The molecule has 1 N–H and O–H groups in total. The second kappa shape index (κ2) is 4.49. The van der Waals surface area contributed by atoms with E-state index >= 15 is 0 Å². The Morgan fingerprint density at radius 1 is 1.53 bits per heavy atom. The van der Waals surface area contributed by atoms with Crippen LogP contribution in [0, 0.1) is 5.92 Å². The summed E-state index contributed by atoms with van der Waals surface area (Å²) in [5.41, 5.74) is 0. The van der Waals surface area contributed by atoms with E-state index in [9.17, 15) is 4.79 Å². The van der Waals surface area contributed by atoms with Crippen LogP contribution in [0.25, 0.3) is 0 Å². The van der Waals surface area contributed by atoms with Gasteiger partial charge >= 0.3 is 5.97 Å². The van der Waals surface area contributed by atoms with Gasteiger partial charge in [-0.25, -0.2) is 0 Å². The molecule has 2 rings (SSSR count). The normalized spacial score (nSPS) is 37.3. The summed E-state index contributed by atoms with van der Waals surface area (Å²) in [6.07, 6.45) is 2.65. The second-order valence-corrected chi connectivity index (χ2v) is 4.79. The number of hydrogen-bond donors (Lipinski definition) is 1. The number of aliphatic carboxylic acids is 1. The fourth-order valence-electron chi connectivity index (χ4n) is 2.66. The summed E-state index contributed by atoms with van der Waals surface area (Å²) < 4.78 is 5.35. The zero-order valence-electron chi connectivity index (χ0n) is 9.19. The van der Waals surface area contributed by atoms with Crippen molar-refractivity contribution in [2.45, 2.75) is 38.3 Å². The Morgan fingerprint density at radius 2 is 2.27 bits per heavy atom. The van der Waals surface area contributed by atoms with Gasteiger partial charge in [-0.1, -0.05) is 6.92 Å². The summed E-state index contributed by atoms with van der Waals surface area (Å²) >= 11 is 0. The molecule has 1 heterocycles. The maximum Gasteiger partial charge on any atom is 0.305 e. The number of rotatable bonds is 3. The molecule has 0 aromatic carbocycles. The third-order valence-corrected chi connectivity index (χ3v) is 3.50. The third kappa shape index (κ3) is 2.49. The largest absolute Gasteiger partial charge is 0.481 e. The molecule has 1 atom stereocenters. The van der Waals surface area contributed by atoms with Crippen molar-refractivity contribution in [3.63, 3.8) is 0 Å². The van der Waals surface area contributed by atoms with E-state index in [2.05, 4.69) is 11.8 Å². The molecule has 1 unspecified atom stereocenters. The van der Waals surface area contributed by atoms with Crippen LogP contribution in [0.2, 0.25) is 0 Å². The molecular formula is C11H19NO3. The van der Waals surface area contributed by atoms with Crippen LogP contribution in [-0.4, -0.2) is 47.8 Å². The van der Waals surface area contributed by atoms with Crippen molar-refractivity contribution in [2.75, 3.05) is 19.8 Å². The Hall–Kier alpha value is -0.610. The van der Waals surface area contributed by atoms with Crippen molar-refractivity contribution >= 4 is 5.97 Å². The standard InChI is InChI=1S/C11H19NO3/c1-8-4-9(5-8)12-2-3-15-7-10(12)6-11(13)14/h8-10H,2-7H2,1H3,(H,13,14). The molecule has 86 valence electrons. The van der Waals surface area contributed by atoms with Gasteiger partial charge in [-0.15, -0.1) is 0 Å². The first-order valence-electron chi connectivity index (χ1n) is 5.72. The molecule has 1 aliphatic carbocycles. The Balaban J connectivity index is 1.90. The fraction of sp³-hybridized carbons (Fsp3) is 0.909. The van der Waals surface area contributed by atoms with E-state index in [1.54, 1.807) is 0 Å². The average molecular weight is 213 g/mol. The van der Waals surface area contributed by atoms with Gasteiger partial charge < -0.3 is 9.84 Å². The molecule has 0 aromatic rings. The molecule has 1 saturated carbocycles. The lowest BCUT2D eigenvalue weighted by Gasteiger charge is -2.47. The fourth-order valence-corrected chi connectivity index (χ4v) is 2.66. The van der Waals surface area contributed by atoms with E-state index < -0.39 is 5.97 Å². The van der Waals surface area contributed by atoms with Crippen molar-refractivity contribution in [1.82, 2.24) is 4.90 Å². The predicted molar refractivity (Wildman–Crippen MR) is 55.8 cm³/mol. The molecule has 4 heteroatoms. The van der Waals surface area contributed by atoms with Gasteiger partial charge in [0.15, 0.2) is 0 Å². The van der Waals surface area contributed by atoms with Gasteiger partial charge in [0.25, 0.3) is 0 Å². The van der Waals surface area contributed by atoms with Crippen molar-refractivity contribution in [2.24, 2.45) is 5.92 Å². The monoisotopic (exact) mass is 213 g/mol. The van der Waals surface area contributed by atoms with Crippen molar-refractivity contribution in [1.29, 1.82) is 0 Å². The van der Waals surface area contributed by atoms with Gasteiger partial charge in [0.2, 0.25) is 0 Å². The number of carbonyl (C=O) groups is 1. The molecule has 0 radical (unpaired) electrons. The summed E-state index contributed by atoms with van der Waals surface area (Å²) in [6.45, 7) is 4.48. The summed E-state index contributed by atoms with van der Waals surface area (Å²) in [7, 11) is 0. The topological polar surface area (TPSA) is 49.8 Å². The van der Waals surface area contributed by atoms with E-state index in [4.69, 9.17) is 9.84 Å². The van der Waals surface area contributed by atoms with E-state index in [1.807, 2.05) is 0 Å². The maximum absolute atomic E-state index is 10.7. The number of carboxylic acid groups (broad SMARTS) is 1. The molecule has 1 saturated heterocycles. The average Bonchev–Trinajstić information content (AvgIpc) is 2.13. The number of nitrogens with zero attached hydrogens (tertiary/aromatic N) is 1. The first-order valence-corrected chi connectivity index (χ1v) is 5.72. The summed E-state index contributed by atoms with van der Waals surface area (Å²) in [5.74, 6) is 0.0891. The predicted octanol–water partition coefficient (Wildman–Crippen LogP) is 0.960. The zero-order valence-corrected chi connectivity index (χ0v) is 9.19. The minimum atomic E-state index is -0.720. The summed E-state index contributed by atoms with van der Waals surface area (Å²) in [6, 6.07) is 0.696. The summed E-state index contributed by atoms with van der Waals surface area (Å²) in [4.78, 5) is 13.1. The van der Waals surface area contributed by atoms with E-state index in [0.717, 1.165) is 19.1 Å². The van der Waals surface area contributed by atoms with Crippen LogP contribution in [0.5, 0.6) is 0 Å². The minimum Gasteiger partial charge on any atom is -0.481 e. The van der Waals surface area contributed by atoms with Crippen LogP contribution in [0.4, 0.5) is 0 Å². The van der Waals surface area contributed by atoms with Gasteiger partial charge in [0.05, 0.1) is 19.6 Å². The van der Waals surface area contributed by atoms with Crippen LogP contribution < -0.4 is 0 Å². The first kappa shape index (κ1) is 10.9. The molecule has 0 spiro atoms. The van der Waals surface area contributed by atoms with Crippen LogP contribution in [0.15, 0.2) is 0 Å². The lowest BCUT2D eigenvalue weighted by Crippen LogP contribution is -2.55. The van der Waals surface area contributed by atoms with E-state index in [1.165, 1.54) is 12.8 Å². The lowest BCUT2D eigenvalue weighted by molar-refractivity contribution is -0.141. The number of ether oxygens (including phenoxy) is 1. The molecule has 2 fully saturated rings. The minimum absolute atomic E-state index is 0.0914. The lowest BCUT2D eigenvalue weighted by atomic mass is 9.80. The molecule has 1 aliphatic heterocycles. The summed E-state index contributed by atoms with van der Waals surface area (Å²) in [5, 5.41) is 8.83. The molecule has 0 bridgehead atoms. The highest BCUT2D eigenvalue weighted by molar-refractivity contribution is 5.67. The second-order valence-electron chi connectivity index (χ2n) is 4.79. The van der Waals surface area contributed by atoms with E-state index in [-0.39, 0.29) is 12.5 Å². The molecule has 0 amide bonds. The highest BCUT2D eigenvalue weighted by Gasteiger charge is 2.36. The van der Waals surface area contributed by atoms with Crippen molar-refractivity contribution in [3.05, 3.63) is 0 Å². The van der Waals surface area contributed by atoms with Crippen LogP contribution in [-0.2, 0) is 9.53 Å². The SMILES string of the molecule is CC1CC(N2CCOCC2CC(=O)O)C1. The van der Waals surface area contributed by atoms with Crippen LogP contribution >= 0.6 is 0 Å². The molecule has 0 aromatic heterocycles. The van der Waals surface area contributed by atoms with Crippen molar-refractivity contribution < 1.29 is 14.6 Å². The van der Waals surface area contributed by atoms with Gasteiger partial charge in [-0.3, -0.25) is 9.69 Å². The van der Waals surface area contributed by atoms with Crippen LogP contribution in [0.1, 0.15) is 26.2 Å². The third-order valence-electron chi connectivity index (χ3n) is 3.50. The molecular weight excluding hydrogens is 194 g/mol. The Morgan fingerprint density at radius 3 is 2.87 bits per heavy atom. The quantitative estimate of drug-likeness (QED) is 0.758. The number of hydrogen-bond acceptors (Lipinski definition) is 3. The maximum atomic E-state index is 10.7. The van der Waals surface area contributed by atoms with Crippen LogP contribution in [0.3, 0.4) is 0 Å². The van der Waals surface area contributed by atoms with Gasteiger partial charge in [-0.05, 0) is 18.8 Å².